The number of phenolic OH excluding ortho intramolecular Hbond substituents is 1. The Kier molecular flexibility index (Phi) is 4.98. The first-order valence-electron chi connectivity index (χ1n) is 6.68. The van der Waals surface area contributed by atoms with Crippen molar-refractivity contribution in [2.75, 3.05) is 0 Å². The van der Waals surface area contributed by atoms with Crippen LogP contribution in [0.5, 0.6) is 5.75 Å². The van der Waals surface area contributed by atoms with E-state index in [4.69, 9.17) is 4.74 Å². The van der Waals surface area contributed by atoms with E-state index in [9.17, 15) is 9.90 Å². The van der Waals surface area contributed by atoms with E-state index in [1.54, 1.807) is 6.07 Å². The van der Waals surface area contributed by atoms with Crippen LogP contribution in [-0.4, -0.2) is 17.2 Å². The minimum atomic E-state index is -0.173. The zero-order chi connectivity index (χ0) is 14.6. The average Bonchev–Trinajstić information content (AvgIpc) is 2.29. The maximum absolute atomic E-state index is 11.8. The van der Waals surface area contributed by atoms with Gasteiger partial charge in [0, 0.05) is 6.42 Å². The quantitative estimate of drug-likeness (QED) is 0.845. The fourth-order valence-corrected chi connectivity index (χ4v) is 1.55. The lowest BCUT2D eigenvalue weighted by atomic mass is 9.90. The number of carbonyl (C=O) groups excluding carboxylic acids is 1. The van der Waals surface area contributed by atoms with E-state index in [1.807, 2.05) is 46.8 Å². The van der Waals surface area contributed by atoms with Crippen LogP contribution in [0.15, 0.2) is 18.2 Å². The van der Waals surface area contributed by atoms with Crippen LogP contribution in [0.1, 0.15) is 45.2 Å². The van der Waals surface area contributed by atoms with E-state index in [-0.39, 0.29) is 23.2 Å². The highest BCUT2D eigenvalue weighted by Crippen LogP contribution is 2.22. The summed E-state index contributed by atoms with van der Waals surface area (Å²) in [6, 6.07) is 5.40. The Hall–Kier alpha value is -1.51. The molecule has 0 aliphatic heterocycles. The van der Waals surface area contributed by atoms with Gasteiger partial charge < -0.3 is 9.84 Å². The summed E-state index contributed by atoms with van der Waals surface area (Å²) in [6.07, 6.45) is 0.906. The van der Waals surface area contributed by atoms with Crippen molar-refractivity contribution in [3.63, 3.8) is 0 Å². The maximum atomic E-state index is 11.8. The number of aryl methyl sites for hydroxylation is 2. The normalized spacial score (nSPS) is 13.1. The Bertz CT molecular complexity index is 444. The molecule has 1 N–H and O–H groups in total. The van der Waals surface area contributed by atoms with Gasteiger partial charge in [0.05, 0.1) is 0 Å². The number of aromatic hydroxyl groups is 1. The highest BCUT2D eigenvalue weighted by Gasteiger charge is 2.23. The van der Waals surface area contributed by atoms with Crippen LogP contribution in [-0.2, 0) is 16.0 Å². The predicted molar refractivity (Wildman–Crippen MR) is 76.2 cm³/mol. The molecule has 0 unspecified atom stereocenters. The molecule has 1 atom stereocenters. The van der Waals surface area contributed by atoms with Crippen molar-refractivity contribution in [1.82, 2.24) is 0 Å². The van der Waals surface area contributed by atoms with Crippen LogP contribution in [0.25, 0.3) is 0 Å². The number of ether oxygens (including phenoxy) is 1. The fraction of sp³-hybridized carbons (Fsp3) is 0.562. The lowest BCUT2D eigenvalue weighted by molar-refractivity contribution is -0.153. The van der Waals surface area contributed by atoms with Crippen LogP contribution >= 0.6 is 0 Å². The summed E-state index contributed by atoms with van der Waals surface area (Å²) in [7, 11) is 0. The number of benzene rings is 1. The van der Waals surface area contributed by atoms with Gasteiger partial charge in [-0.05, 0) is 42.9 Å². The van der Waals surface area contributed by atoms with E-state index in [0.29, 0.717) is 12.8 Å². The second-order valence-electron chi connectivity index (χ2n) is 6.12. The molecule has 106 valence electrons. The summed E-state index contributed by atoms with van der Waals surface area (Å²) in [6.45, 7) is 9.91. The third-order valence-electron chi connectivity index (χ3n) is 3.41. The second-order valence-corrected chi connectivity index (χ2v) is 6.12. The molecule has 1 aromatic carbocycles. The molecule has 0 fully saturated rings. The van der Waals surface area contributed by atoms with Gasteiger partial charge in [0.1, 0.15) is 11.9 Å². The number of hydrogen-bond acceptors (Lipinski definition) is 3. The minimum Gasteiger partial charge on any atom is -0.508 e. The number of phenols is 1. The SMILES string of the molecule is Cc1cc(CCC(=O)O[C@H](C)C(C)(C)C)ccc1O. The molecule has 3 heteroatoms. The summed E-state index contributed by atoms with van der Waals surface area (Å²) in [5.41, 5.74) is 1.83. The van der Waals surface area contributed by atoms with Crippen LogP contribution in [0.4, 0.5) is 0 Å². The zero-order valence-electron chi connectivity index (χ0n) is 12.5. The van der Waals surface area contributed by atoms with Gasteiger partial charge in [0.25, 0.3) is 0 Å². The molecule has 0 saturated heterocycles. The predicted octanol–water partition coefficient (Wildman–Crippen LogP) is 3.61. The molecule has 1 rings (SSSR count). The van der Waals surface area contributed by atoms with Crippen molar-refractivity contribution in [2.24, 2.45) is 5.41 Å². The Balaban J connectivity index is 2.48. The van der Waals surface area contributed by atoms with Gasteiger partial charge in [-0.25, -0.2) is 0 Å². The van der Waals surface area contributed by atoms with Crippen molar-refractivity contribution >= 4 is 5.97 Å². The standard InChI is InChI=1S/C16H24O3/c1-11-10-13(6-8-14(11)17)7-9-15(18)19-12(2)16(3,4)5/h6,8,10,12,17H,7,9H2,1-5H3/t12-/m1/s1. The largest absolute Gasteiger partial charge is 0.508 e. The first-order chi connectivity index (χ1) is 8.70. The smallest absolute Gasteiger partial charge is 0.306 e. The van der Waals surface area contributed by atoms with E-state index in [0.717, 1.165) is 11.1 Å². The van der Waals surface area contributed by atoms with Gasteiger partial charge in [-0.3, -0.25) is 4.79 Å². The van der Waals surface area contributed by atoms with Gasteiger partial charge >= 0.3 is 5.97 Å². The molecule has 1 aromatic rings. The van der Waals surface area contributed by atoms with Crippen LogP contribution < -0.4 is 0 Å². The monoisotopic (exact) mass is 264 g/mol. The van der Waals surface area contributed by atoms with Gasteiger partial charge in [-0.1, -0.05) is 32.9 Å². The first-order valence-corrected chi connectivity index (χ1v) is 6.68. The molecule has 0 aliphatic carbocycles. The highest BCUT2D eigenvalue weighted by molar-refractivity contribution is 5.70. The van der Waals surface area contributed by atoms with Crippen molar-refractivity contribution in [3.05, 3.63) is 29.3 Å². The highest BCUT2D eigenvalue weighted by atomic mass is 16.5. The lowest BCUT2D eigenvalue weighted by Crippen LogP contribution is -2.28. The summed E-state index contributed by atoms with van der Waals surface area (Å²) < 4.78 is 5.40. The number of rotatable bonds is 4. The molecule has 0 radical (unpaired) electrons. The van der Waals surface area contributed by atoms with Crippen LogP contribution in [0.3, 0.4) is 0 Å². The minimum absolute atomic E-state index is 0.0369. The zero-order valence-corrected chi connectivity index (χ0v) is 12.5. The average molecular weight is 264 g/mol. The van der Waals surface area contributed by atoms with Crippen molar-refractivity contribution in [3.8, 4) is 5.75 Å². The Labute approximate surface area is 115 Å². The van der Waals surface area contributed by atoms with E-state index >= 15 is 0 Å². The van der Waals surface area contributed by atoms with Crippen molar-refractivity contribution in [2.45, 2.75) is 53.6 Å². The third-order valence-corrected chi connectivity index (χ3v) is 3.41. The Morgan fingerprint density at radius 2 is 2.00 bits per heavy atom. The number of carbonyl (C=O) groups is 1. The topological polar surface area (TPSA) is 46.5 Å². The summed E-state index contributed by atoms with van der Waals surface area (Å²) >= 11 is 0. The van der Waals surface area contributed by atoms with Gasteiger partial charge in [0.2, 0.25) is 0 Å². The molecule has 0 spiro atoms. The molecule has 0 aliphatic rings. The Morgan fingerprint density at radius 1 is 1.37 bits per heavy atom. The summed E-state index contributed by atoms with van der Waals surface area (Å²) in [4.78, 5) is 11.8. The van der Waals surface area contributed by atoms with E-state index in [1.165, 1.54) is 0 Å². The summed E-state index contributed by atoms with van der Waals surface area (Å²) in [5.74, 6) is 0.112. The van der Waals surface area contributed by atoms with E-state index in [2.05, 4.69) is 0 Å². The third kappa shape index (κ3) is 4.93. The lowest BCUT2D eigenvalue weighted by Gasteiger charge is -2.26. The molecule has 0 heterocycles. The number of hydrogen-bond donors (Lipinski definition) is 1. The maximum Gasteiger partial charge on any atom is 0.306 e. The summed E-state index contributed by atoms with van der Waals surface area (Å²) in [5, 5.41) is 9.44. The van der Waals surface area contributed by atoms with Crippen LogP contribution in [0, 0.1) is 12.3 Å². The second kappa shape index (κ2) is 6.09. The fourth-order valence-electron chi connectivity index (χ4n) is 1.55. The molecule has 0 saturated carbocycles. The molecular formula is C16H24O3. The van der Waals surface area contributed by atoms with Gasteiger partial charge in [-0.2, -0.15) is 0 Å². The molecule has 0 aromatic heterocycles. The molecule has 3 nitrogen and oxygen atoms in total. The van der Waals surface area contributed by atoms with Crippen molar-refractivity contribution in [1.29, 1.82) is 0 Å². The molecular weight excluding hydrogens is 240 g/mol. The van der Waals surface area contributed by atoms with Crippen LogP contribution in [0.2, 0.25) is 0 Å². The first kappa shape index (κ1) is 15.5. The Morgan fingerprint density at radius 3 is 2.53 bits per heavy atom. The van der Waals surface area contributed by atoms with Gasteiger partial charge in [0.15, 0.2) is 0 Å². The molecule has 0 bridgehead atoms. The van der Waals surface area contributed by atoms with Gasteiger partial charge in [-0.15, -0.1) is 0 Å². The van der Waals surface area contributed by atoms with E-state index < -0.39 is 0 Å². The molecule has 19 heavy (non-hydrogen) atoms. The molecule has 0 amide bonds. The van der Waals surface area contributed by atoms with Crippen molar-refractivity contribution < 1.29 is 14.6 Å². The number of esters is 1.